The standard InChI is InChI=1S/C8H7F3N2O2/c1-2-15-7(14)5-6(8(9,10)11)13-4-3-12-5/h3-4H,2H2,1H3. The molecule has 0 amide bonds. The molecule has 0 aliphatic heterocycles. The molecule has 1 rings (SSSR count). The zero-order valence-corrected chi connectivity index (χ0v) is 7.71. The fraction of sp³-hybridized carbons (Fsp3) is 0.375. The van der Waals surface area contributed by atoms with Crippen LogP contribution in [0.1, 0.15) is 23.1 Å². The minimum absolute atomic E-state index is 0.0211. The summed E-state index contributed by atoms with van der Waals surface area (Å²) in [6.07, 6.45) is -2.84. The first-order valence-corrected chi connectivity index (χ1v) is 4.02. The van der Waals surface area contributed by atoms with E-state index in [0.717, 1.165) is 12.4 Å². The summed E-state index contributed by atoms with van der Waals surface area (Å²) in [5.41, 5.74) is -2.14. The summed E-state index contributed by atoms with van der Waals surface area (Å²) in [5, 5.41) is 0. The number of rotatable bonds is 2. The first-order valence-electron chi connectivity index (χ1n) is 4.02. The van der Waals surface area contributed by atoms with E-state index >= 15 is 0 Å². The van der Waals surface area contributed by atoms with Crippen LogP contribution < -0.4 is 0 Å². The fourth-order valence-electron chi connectivity index (χ4n) is 0.894. The Balaban J connectivity index is 3.12. The molecule has 0 unspecified atom stereocenters. The van der Waals surface area contributed by atoms with Gasteiger partial charge in [-0.25, -0.2) is 14.8 Å². The smallest absolute Gasteiger partial charge is 0.435 e. The van der Waals surface area contributed by atoms with E-state index in [1.165, 1.54) is 6.92 Å². The molecule has 0 atom stereocenters. The Labute approximate surface area is 83.1 Å². The van der Waals surface area contributed by atoms with E-state index in [2.05, 4.69) is 14.7 Å². The molecule has 0 radical (unpaired) electrons. The Kier molecular flexibility index (Phi) is 3.23. The molecule has 0 aromatic carbocycles. The van der Waals surface area contributed by atoms with E-state index in [0.29, 0.717) is 0 Å². The van der Waals surface area contributed by atoms with Gasteiger partial charge < -0.3 is 4.74 Å². The molecule has 0 N–H and O–H groups in total. The van der Waals surface area contributed by atoms with Crippen LogP contribution in [-0.4, -0.2) is 22.5 Å². The van der Waals surface area contributed by atoms with E-state index in [-0.39, 0.29) is 6.61 Å². The Morgan fingerprint density at radius 2 is 2.00 bits per heavy atom. The molecule has 1 aromatic heterocycles. The molecular weight excluding hydrogens is 213 g/mol. The first kappa shape index (κ1) is 11.4. The third-order valence-corrected chi connectivity index (χ3v) is 1.44. The zero-order chi connectivity index (χ0) is 11.5. The Morgan fingerprint density at radius 1 is 1.40 bits per heavy atom. The van der Waals surface area contributed by atoms with E-state index in [4.69, 9.17) is 0 Å². The second-order valence-corrected chi connectivity index (χ2v) is 2.47. The van der Waals surface area contributed by atoms with Crippen molar-refractivity contribution in [3.63, 3.8) is 0 Å². The van der Waals surface area contributed by atoms with Crippen LogP contribution in [0.4, 0.5) is 13.2 Å². The fourth-order valence-corrected chi connectivity index (χ4v) is 0.894. The lowest BCUT2D eigenvalue weighted by atomic mass is 10.3. The molecule has 82 valence electrons. The summed E-state index contributed by atoms with van der Waals surface area (Å²) in [4.78, 5) is 17.5. The summed E-state index contributed by atoms with van der Waals surface area (Å²) in [6.45, 7) is 1.47. The van der Waals surface area contributed by atoms with Crippen molar-refractivity contribution in [1.29, 1.82) is 0 Å². The predicted octanol–water partition coefficient (Wildman–Crippen LogP) is 1.67. The van der Waals surface area contributed by atoms with Gasteiger partial charge in [-0.2, -0.15) is 13.2 Å². The molecular formula is C8H7F3N2O2. The number of ether oxygens (including phenoxy) is 1. The molecule has 1 heterocycles. The molecule has 0 aliphatic carbocycles. The van der Waals surface area contributed by atoms with Gasteiger partial charge in [-0.3, -0.25) is 0 Å². The topological polar surface area (TPSA) is 52.1 Å². The molecule has 0 saturated carbocycles. The van der Waals surface area contributed by atoms with Crippen molar-refractivity contribution in [2.24, 2.45) is 0 Å². The molecule has 0 bridgehead atoms. The van der Waals surface area contributed by atoms with Gasteiger partial charge in [0.05, 0.1) is 6.61 Å². The highest BCUT2D eigenvalue weighted by Gasteiger charge is 2.38. The van der Waals surface area contributed by atoms with E-state index in [1.54, 1.807) is 0 Å². The SMILES string of the molecule is CCOC(=O)c1nccnc1C(F)(F)F. The number of aromatic nitrogens is 2. The van der Waals surface area contributed by atoms with Gasteiger partial charge in [0, 0.05) is 12.4 Å². The van der Waals surface area contributed by atoms with Gasteiger partial charge in [-0.15, -0.1) is 0 Å². The maximum atomic E-state index is 12.3. The van der Waals surface area contributed by atoms with Crippen LogP contribution in [0, 0.1) is 0 Å². The van der Waals surface area contributed by atoms with Crippen LogP contribution in [0.3, 0.4) is 0 Å². The Morgan fingerprint density at radius 3 is 2.53 bits per heavy atom. The number of halogens is 3. The molecule has 0 fully saturated rings. The summed E-state index contributed by atoms with van der Waals surface area (Å²) < 4.78 is 41.4. The van der Waals surface area contributed by atoms with Crippen molar-refractivity contribution in [3.05, 3.63) is 23.8 Å². The maximum absolute atomic E-state index is 12.3. The van der Waals surface area contributed by atoms with Crippen LogP contribution in [-0.2, 0) is 10.9 Å². The summed E-state index contributed by atoms with van der Waals surface area (Å²) >= 11 is 0. The van der Waals surface area contributed by atoms with Crippen LogP contribution in [0.15, 0.2) is 12.4 Å². The second kappa shape index (κ2) is 4.24. The normalized spacial score (nSPS) is 11.2. The minimum Gasteiger partial charge on any atom is -0.461 e. The number of nitrogens with zero attached hydrogens (tertiary/aromatic N) is 2. The highest BCUT2D eigenvalue weighted by atomic mass is 19.4. The summed E-state index contributed by atoms with van der Waals surface area (Å²) in [6, 6.07) is 0. The van der Waals surface area contributed by atoms with Crippen LogP contribution >= 0.6 is 0 Å². The highest BCUT2D eigenvalue weighted by Crippen LogP contribution is 2.29. The van der Waals surface area contributed by atoms with E-state index < -0.39 is 23.5 Å². The number of hydrogen-bond donors (Lipinski definition) is 0. The lowest BCUT2D eigenvalue weighted by molar-refractivity contribution is -0.142. The maximum Gasteiger partial charge on any atom is 0.435 e. The average Bonchev–Trinajstić information content (AvgIpc) is 2.17. The number of hydrogen-bond acceptors (Lipinski definition) is 4. The molecule has 4 nitrogen and oxygen atoms in total. The van der Waals surface area contributed by atoms with Crippen LogP contribution in [0.5, 0.6) is 0 Å². The molecule has 15 heavy (non-hydrogen) atoms. The van der Waals surface area contributed by atoms with Gasteiger partial charge in [-0.05, 0) is 6.92 Å². The number of alkyl halides is 3. The molecule has 0 spiro atoms. The van der Waals surface area contributed by atoms with Gasteiger partial charge in [0.2, 0.25) is 0 Å². The van der Waals surface area contributed by atoms with Crippen molar-refractivity contribution in [1.82, 2.24) is 9.97 Å². The second-order valence-electron chi connectivity index (χ2n) is 2.47. The Hall–Kier alpha value is -1.66. The number of carbonyl (C=O) groups is 1. The lowest BCUT2D eigenvalue weighted by Gasteiger charge is -2.08. The summed E-state index contributed by atoms with van der Waals surface area (Å²) in [5.74, 6) is -1.13. The molecule has 7 heteroatoms. The average molecular weight is 220 g/mol. The zero-order valence-electron chi connectivity index (χ0n) is 7.71. The van der Waals surface area contributed by atoms with Crippen LogP contribution in [0.2, 0.25) is 0 Å². The molecule has 1 aromatic rings. The van der Waals surface area contributed by atoms with E-state index in [1.807, 2.05) is 0 Å². The quantitative estimate of drug-likeness (QED) is 0.711. The monoisotopic (exact) mass is 220 g/mol. The van der Waals surface area contributed by atoms with Gasteiger partial charge in [0.15, 0.2) is 11.4 Å². The first-order chi connectivity index (χ1) is 6.96. The van der Waals surface area contributed by atoms with Crippen molar-refractivity contribution >= 4 is 5.97 Å². The minimum atomic E-state index is -4.71. The largest absolute Gasteiger partial charge is 0.461 e. The van der Waals surface area contributed by atoms with Gasteiger partial charge >= 0.3 is 12.1 Å². The van der Waals surface area contributed by atoms with Gasteiger partial charge in [0.1, 0.15) is 0 Å². The molecule has 0 saturated heterocycles. The third-order valence-electron chi connectivity index (χ3n) is 1.44. The van der Waals surface area contributed by atoms with Crippen LogP contribution in [0.25, 0.3) is 0 Å². The van der Waals surface area contributed by atoms with Crippen molar-refractivity contribution in [2.45, 2.75) is 13.1 Å². The third kappa shape index (κ3) is 2.64. The number of esters is 1. The van der Waals surface area contributed by atoms with E-state index in [9.17, 15) is 18.0 Å². The van der Waals surface area contributed by atoms with Crippen molar-refractivity contribution in [3.8, 4) is 0 Å². The van der Waals surface area contributed by atoms with Gasteiger partial charge in [0.25, 0.3) is 0 Å². The highest BCUT2D eigenvalue weighted by molar-refractivity contribution is 5.88. The lowest BCUT2D eigenvalue weighted by Crippen LogP contribution is -2.18. The Bertz CT molecular complexity index is 365. The van der Waals surface area contributed by atoms with Gasteiger partial charge in [-0.1, -0.05) is 0 Å². The summed E-state index contributed by atoms with van der Waals surface area (Å²) in [7, 11) is 0. The number of carbonyl (C=O) groups excluding carboxylic acids is 1. The molecule has 0 aliphatic rings. The van der Waals surface area contributed by atoms with Crippen molar-refractivity contribution < 1.29 is 22.7 Å². The predicted molar refractivity (Wildman–Crippen MR) is 43.0 cm³/mol. The van der Waals surface area contributed by atoms with Crippen molar-refractivity contribution in [2.75, 3.05) is 6.61 Å².